The van der Waals surface area contributed by atoms with Crippen LogP contribution in [0.5, 0.6) is 0 Å². The van der Waals surface area contributed by atoms with E-state index in [2.05, 4.69) is 27.1 Å². The van der Waals surface area contributed by atoms with Crippen LogP contribution in [-0.4, -0.2) is 46.2 Å². The Morgan fingerprint density at radius 2 is 2.32 bits per heavy atom. The maximum atomic E-state index is 8.96. The maximum Gasteiger partial charge on any atom is 0.144 e. The quantitative estimate of drug-likeness (QED) is 0.781. The molecular weight excluding hydrogens is 240 g/mol. The van der Waals surface area contributed by atoms with E-state index in [0.717, 1.165) is 50.5 Å². The number of anilines is 1. The van der Waals surface area contributed by atoms with Crippen LogP contribution in [0.25, 0.3) is 0 Å². The van der Waals surface area contributed by atoms with Crippen molar-refractivity contribution >= 4 is 5.82 Å². The highest BCUT2D eigenvalue weighted by atomic mass is 16.3. The van der Waals surface area contributed by atoms with Gasteiger partial charge in [-0.25, -0.2) is 4.98 Å². The second-order valence-electron chi connectivity index (χ2n) is 5.22. The van der Waals surface area contributed by atoms with Gasteiger partial charge in [0.25, 0.3) is 0 Å². The molecule has 1 aromatic heterocycles. The Hall–Kier alpha value is -1.20. The number of likely N-dealkylation sites (tertiary alicyclic amines) is 1. The third-order valence-electron chi connectivity index (χ3n) is 3.55. The summed E-state index contributed by atoms with van der Waals surface area (Å²) in [6, 6.07) is 0. The third-order valence-corrected chi connectivity index (χ3v) is 3.55. The summed E-state index contributed by atoms with van der Waals surface area (Å²) in [4.78, 5) is 11.2. The van der Waals surface area contributed by atoms with Gasteiger partial charge in [-0.3, -0.25) is 9.88 Å². The fourth-order valence-corrected chi connectivity index (χ4v) is 2.48. The molecule has 1 aromatic rings. The van der Waals surface area contributed by atoms with Crippen molar-refractivity contribution in [3.8, 4) is 0 Å². The van der Waals surface area contributed by atoms with E-state index < -0.39 is 0 Å². The molecule has 0 spiro atoms. The van der Waals surface area contributed by atoms with Crippen molar-refractivity contribution < 1.29 is 5.11 Å². The largest absolute Gasteiger partial charge is 0.396 e. The van der Waals surface area contributed by atoms with Crippen molar-refractivity contribution in [2.45, 2.75) is 32.7 Å². The first-order valence-corrected chi connectivity index (χ1v) is 7.19. The van der Waals surface area contributed by atoms with Crippen molar-refractivity contribution in [1.82, 2.24) is 14.9 Å². The van der Waals surface area contributed by atoms with Crippen molar-refractivity contribution in [2.75, 3.05) is 31.6 Å². The summed E-state index contributed by atoms with van der Waals surface area (Å²) in [5, 5.41) is 12.2. The van der Waals surface area contributed by atoms with Gasteiger partial charge < -0.3 is 10.4 Å². The number of aliphatic hydroxyl groups is 1. The number of aliphatic hydroxyl groups excluding tert-OH is 1. The number of nitrogens with one attached hydrogen (secondary N) is 1. The third kappa shape index (κ3) is 4.44. The van der Waals surface area contributed by atoms with Gasteiger partial charge in [-0.1, -0.05) is 6.92 Å². The van der Waals surface area contributed by atoms with E-state index in [-0.39, 0.29) is 0 Å². The molecule has 2 N–H and O–H groups in total. The summed E-state index contributed by atoms with van der Waals surface area (Å²) in [6.45, 7) is 6.40. The Bertz CT molecular complexity index is 368. The lowest BCUT2D eigenvalue weighted by Crippen LogP contribution is -2.21. The van der Waals surface area contributed by atoms with Gasteiger partial charge in [0.2, 0.25) is 0 Å². The first-order valence-electron chi connectivity index (χ1n) is 7.19. The van der Waals surface area contributed by atoms with Crippen LogP contribution in [0.1, 0.15) is 31.9 Å². The number of hydrogen-bond donors (Lipinski definition) is 2. The molecule has 19 heavy (non-hydrogen) atoms. The molecule has 1 unspecified atom stereocenters. The minimum Gasteiger partial charge on any atom is -0.396 e. The molecule has 1 fully saturated rings. The van der Waals surface area contributed by atoms with E-state index in [9.17, 15) is 0 Å². The summed E-state index contributed by atoms with van der Waals surface area (Å²) in [5.74, 6) is 1.49. The smallest absolute Gasteiger partial charge is 0.144 e. The van der Waals surface area contributed by atoms with Crippen LogP contribution in [0.3, 0.4) is 0 Å². The molecule has 0 amide bonds. The van der Waals surface area contributed by atoms with Crippen LogP contribution in [-0.2, 0) is 6.54 Å². The summed E-state index contributed by atoms with van der Waals surface area (Å²) < 4.78 is 0. The van der Waals surface area contributed by atoms with Crippen molar-refractivity contribution in [2.24, 2.45) is 5.92 Å². The van der Waals surface area contributed by atoms with Gasteiger partial charge in [0.15, 0.2) is 0 Å². The van der Waals surface area contributed by atoms with Crippen LogP contribution < -0.4 is 5.32 Å². The van der Waals surface area contributed by atoms with Gasteiger partial charge in [0.1, 0.15) is 5.82 Å². The first-order chi connectivity index (χ1) is 9.31. The molecule has 1 aliphatic heterocycles. The normalized spacial score (nSPS) is 19.8. The predicted molar refractivity (Wildman–Crippen MR) is 75.9 cm³/mol. The number of rotatable bonds is 7. The lowest BCUT2D eigenvalue weighted by Gasteiger charge is -2.15. The Kier molecular flexibility index (Phi) is 5.54. The van der Waals surface area contributed by atoms with Gasteiger partial charge in [-0.2, -0.15) is 0 Å². The molecule has 1 aliphatic rings. The highest BCUT2D eigenvalue weighted by Crippen LogP contribution is 2.20. The molecule has 5 heteroatoms. The number of nitrogens with zero attached hydrogens (tertiary/aromatic N) is 3. The molecule has 0 radical (unpaired) electrons. The van der Waals surface area contributed by atoms with Crippen molar-refractivity contribution in [1.29, 1.82) is 0 Å². The molecule has 5 nitrogen and oxygen atoms in total. The lowest BCUT2D eigenvalue weighted by atomic mass is 10.1. The van der Waals surface area contributed by atoms with E-state index in [1.165, 1.54) is 6.42 Å². The zero-order valence-corrected chi connectivity index (χ0v) is 11.7. The SMILES string of the molecule is CCCNc1cnc(CN2CCC(CCO)C2)cn1. The number of hydrogen-bond acceptors (Lipinski definition) is 5. The molecule has 106 valence electrons. The average Bonchev–Trinajstić information content (AvgIpc) is 2.86. The summed E-state index contributed by atoms with van der Waals surface area (Å²) in [6.07, 6.45) is 6.86. The lowest BCUT2D eigenvalue weighted by molar-refractivity contribution is 0.249. The van der Waals surface area contributed by atoms with Gasteiger partial charge in [0, 0.05) is 26.2 Å². The van der Waals surface area contributed by atoms with E-state index in [1.807, 2.05) is 12.4 Å². The van der Waals surface area contributed by atoms with E-state index in [4.69, 9.17) is 5.11 Å². The Balaban J connectivity index is 1.80. The van der Waals surface area contributed by atoms with Crippen LogP contribution in [0.15, 0.2) is 12.4 Å². The molecule has 1 atom stereocenters. The fourth-order valence-electron chi connectivity index (χ4n) is 2.48. The minimum atomic E-state index is 0.302. The number of aromatic nitrogens is 2. The summed E-state index contributed by atoms with van der Waals surface area (Å²) in [7, 11) is 0. The first kappa shape index (κ1) is 14.2. The standard InChI is InChI=1S/C14H24N4O/c1-2-5-15-14-9-16-13(8-17-14)11-18-6-3-12(10-18)4-7-19/h8-9,12,19H,2-7,10-11H2,1H3,(H,15,17). The molecular formula is C14H24N4O. The molecule has 0 aromatic carbocycles. The van der Waals surface area contributed by atoms with Crippen LogP contribution >= 0.6 is 0 Å². The molecule has 1 saturated heterocycles. The zero-order chi connectivity index (χ0) is 13.5. The Morgan fingerprint density at radius 3 is 3.00 bits per heavy atom. The van der Waals surface area contributed by atoms with Gasteiger partial charge in [-0.05, 0) is 31.7 Å². The topological polar surface area (TPSA) is 61.3 Å². The fraction of sp³-hybridized carbons (Fsp3) is 0.714. The van der Waals surface area contributed by atoms with Crippen LogP contribution in [0.2, 0.25) is 0 Å². The Morgan fingerprint density at radius 1 is 1.42 bits per heavy atom. The monoisotopic (exact) mass is 264 g/mol. The molecule has 2 heterocycles. The summed E-state index contributed by atoms with van der Waals surface area (Å²) in [5.41, 5.74) is 1.02. The molecule has 0 saturated carbocycles. The molecule has 2 rings (SSSR count). The van der Waals surface area contributed by atoms with E-state index in [0.29, 0.717) is 12.5 Å². The highest BCUT2D eigenvalue weighted by molar-refractivity contribution is 5.30. The van der Waals surface area contributed by atoms with Crippen molar-refractivity contribution in [3.63, 3.8) is 0 Å². The van der Waals surface area contributed by atoms with Crippen LogP contribution in [0.4, 0.5) is 5.82 Å². The highest BCUT2D eigenvalue weighted by Gasteiger charge is 2.22. The second-order valence-corrected chi connectivity index (χ2v) is 5.22. The van der Waals surface area contributed by atoms with Gasteiger partial charge >= 0.3 is 0 Å². The molecule has 0 bridgehead atoms. The van der Waals surface area contributed by atoms with Gasteiger partial charge in [-0.15, -0.1) is 0 Å². The second kappa shape index (κ2) is 7.40. The maximum absolute atomic E-state index is 8.96. The van der Waals surface area contributed by atoms with E-state index in [1.54, 1.807) is 0 Å². The van der Waals surface area contributed by atoms with Crippen LogP contribution in [0, 0.1) is 5.92 Å². The average molecular weight is 264 g/mol. The van der Waals surface area contributed by atoms with E-state index >= 15 is 0 Å². The predicted octanol–water partition coefficient (Wildman–Crippen LogP) is 1.50. The zero-order valence-electron chi connectivity index (χ0n) is 11.7. The molecule has 0 aliphatic carbocycles. The van der Waals surface area contributed by atoms with Gasteiger partial charge in [0.05, 0.1) is 18.1 Å². The Labute approximate surface area is 115 Å². The summed E-state index contributed by atoms with van der Waals surface area (Å²) >= 11 is 0. The van der Waals surface area contributed by atoms with Crippen molar-refractivity contribution in [3.05, 3.63) is 18.1 Å². The minimum absolute atomic E-state index is 0.302.